The highest BCUT2D eigenvalue weighted by Gasteiger charge is 2.15. The van der Waals surface area contributed by atoms with E-state index in [4.69, 9.17) is 9.15 Å². The fourth-order valence-corrected chi connectivity index (χ4v) is 3.89. The molecule has 0 radical (unpaired) electrons. The number of allylic oxidation sites excluding steroid dienone is 1. The average Bonchev–Trinajstić information content (AvgIpc) is 3.23. The van der Waals surface area contributed by atoms with Gasteiger partial charge >= 0.3 is 0 Å². The summed E-state index contributed by atoms with van der Waals surface area (Å²) in [5, 5.41) is 6.52. The Hall–Kier alpha value is -4.32. The van der Waals surface area contributed by atoms with Crippen molar-refractivity contribution in [1.29, 1.82) is 0 Å². The SMILES string of the molecule is CCOc1cc2occ(-c3ccc(C)cc3)c2cc1/C(C)=C/C(=O)Nc1ccc(NC(C)=O)cc1. The molecule has 6 heteroatoms. The van der Waals surface area contributed by atoms with Crippen LogP contribution in [0, 0.1) is 6.92 Å². The van der Waals surface area contributed by atoms with Crippen molar-refractivity contribution in [3.05, 3.63) is 84.1 Å². The molecule has 1 aromatic heterocycles. The van der Waals surface area contributed by atoms with E-state index in [0.717, 1.165) is 33.2 Å². The van der Waals surface area contributed by atoms with Gasteiger partial charge in [0.15, 0.2) is 0 Å². The van der Waals surface area contributed by atoms with Crippen LogP contribution in [0.4, 0.5) is 11.4 Å². The van der Waals surface area contributed by atoms with Crippen LogP contribution in [0.3, 0.4) is 0 Å². The first-order chi connectivity index (χ1) is 16.8. The van der Waals surface area contributed by atoms with Crippen molar-refractivity contribution < 1.29 is 18.7 Å². The van der Waals surface area contributed by atoms with Gasteiger partial charge in [0.25, 0.3) is 0 Å². The molecule has 178 valence electrons. The predicted molar refractivity (Wildman–Crippen MR) is 141 cm³/mol. The molecule has 0 aliphatic carbocycles. The molecular formula is C29H28N2O4. The number of anilines is 2. The second kappa shape index (κ2) is 10.3. The number of benzene rings is 3. The maximum Gasteiger partial charge on any atom is 0.248 e. The molecule has 0 saturated carbocycles. The topological polar surface area (TPSA) is 80.6 Å². The third-order valence-electron chi connectivity index (χ3n) is 5.58. The summed E-state index contributed by atoms with van der Waals surface area (Å²) in [5.41, 5.74) is 6.85. The number of fused-ring (bicyclic) bond motifs is 1. The smallest absolute Gasteiger partial charge is 0.248 e. The summed E-state index contributed by atoms with van der Waals surface area (Å²) in [6.45, 7) is 7.80. The Morgan fingerprint density at radius 2 is 1.60 bits per heavy atom. The van der Waals surface area contributed by atoms with Crippen LogP contribution < -0.4 is 15.4 Å². The normalized spacial score (nSPS) is 11.4. The van der Waals surface area contributed by atoms with Crippen LogP contribution in [-0.2, 0) is 9.59 Å². The van der Waals surface area contributed by atoms with Gasteiger partial charge in [-0.05, 0) is 62.2 Å². The van der Waals surface area contributed by atoms with Crippen molar-refractivity contribution in [1.82, 2.24) is 0 Å². The van der Waals surface area contributed by atoms with Crippen molar-refractivity contribution in [2.45, 2.75) is 27.7 Å². The molecule has 1 heterocycles. The third kappa shape index (κ3) is 5.61. The van der Waals surface area contributed by atoms with Crippen molar-refractivity contribution >= 4 is 39.7 Å². The van der Waals surface area contributed by atoms with Gasteiger partial charge in [-0.2, -0.15) is 0 Å². The van der Waals surface area contributed by atoms with Gasteiger partial charge in [-0.25, -0.2) is 0 Å². The fraction of sp³-hybridized carbons (Fsp3) is 0.172. The summed E-state index contributed by atoms with van der Waals surface area (Å²) in [4.78, 5) is 23.9. The van der Waals surface area contributed by atoms with Crippen molar-refractivity contribution in [2.75, 3.05) is 17.2 Å². The maximum absolute atomic E-state index is 12.7. The zero-order chi connectivity index (χ0) is 24.9. The molecule has 4 aromatic rings. The van der Waals surface area contributed by atoms with Gasteiger partial charge in [-0.15, -0.1) is 0 Å². The van der Waals surface area contributed by atoms with Crippen molar-refractivity contribution in [2.24, 2.45) is 0 Å². The Morgan fingerprint density at radius 1 is 0.943 bits per heavy atom. The van der Waals surface area contributed by atoms with Gasteiger partial charge < -0.3 is 19.8 Å². The highest BCUT2D eigenvalue weighted by molar-refractivity contribution is 6.05. The first kappa shape index (κ1) is 23.8. The lowest BCUT2D eigenvalue weighted by molar-refractivity contribution is -0.114. The zero-order valence-electron chi connectivity index (χ0n) is 20.3. The zero-order valence-corrected chi connectivity index (χ0v) is 20.3. The Balaban J connectivity index is 1.63. The molecule has 0 saturated heterocycles. The second-order valence-corrected chi connectivity index (χ2v) is 8.37. The molecule has 0 fully saturated rings. The molecule has 0 aliphatic rings. The van der Waals surface area contributed by atoms with E-state index in [1.54, 1.807) is 36.6 Å². The van der Waals surface area contributed by atoms with E-state index >= 15 is 0 Å². The number of hydrogen-bond donors (Lipinski definition) is 2. The average molecular weight is 469 g/mol. The lowest BCUT2D eigenvalue weighted by Crippen LogP contribution is -2.09. The number of aryl methyl sites for hydroxylation is 1. The summed E-state index contributed by atoms with van der Waals surface area (Å²) in [7, 11) is 0. The number of ether oxygens (including phenoxy) is 1. The van der Waals surface area contributed by atoms with E-state index in [9.17, 15) is 9.59 Å². The van der Waals surface area contributed by atoms with Gasteiger partial charge in [-0.1, -0.05) is 29.8 Å². The number of carbonyl (C=O) groups excluding carboxylic acids is 2. The molecule has 6 nitrogen and oxygen atoms in total. The number of amides is 2. The Kier molecular flexibility index (Phi) is 7.01. The summed E-state index contributed by atoms with van der Waals surface area (Å²) in [6, 6.07) is 19.1. The number of nitrogens with one attached hydrogen (secondary N) is 2. The highest BCUT2D eigenvalue weighted by Crippen LogP contribution is 2.37. The molecular weight excluding hydrogens is 440 g/mol. The molecule has 0 bridgehead atoms. The van der Waals surface area contributed by atoms with Crippen molar-refractivity contribution in [3.63, 3.8) is 0 Å². The minimum absolute atomic E-state index is 0.148. The molecule has 3 aromatic carbocycles. The van der Waals surface area contributed by atoms with Gasteiger partial charge in [-0.3, -0.25) is 9.59 Å². The van der Waals surface area contributed by atoms with Crippen LogP contribution >= 0.6 is 0 Å². The molecule has 2 N–H and O–H groups in total. The van der Waals surface area contributed by atoms with E-state index in [0.29, 0.717) is 23.7 Å². The maximum atomic E-state index is 12.7. The number of furan rings is 1. The first-order valence-corrected chi connectivity index (χ1v) is 11.5. The van der Waals surface area contributed by atoms with Crippen LogP contribution in [0.1, 0.15) is 31.9 Å². The van der Waals surface area contributed by atoms with Crippen LogP contribution in [-0.4, -0.2) is 18.4 Å². The minimum atomic E-state index is -0.261. The standard InChI is InChI=1S/C29H28N2O4/c1-5-34-27-16-28-25(26(17-35-28)21-8-6-18(2)7-9-21)15-24(27)19(3)14-29(33)31-23-12-10-22(11-13-23)30-20(4)32/h6-17H,5H2,1-4H3,(H,30,32)(H,31,33)/b19-14+. The quantitative estimate of drug-likeness (QED) is 0.292. The molecule has 0 unspecified atom stereocenters. The van der Waals surface area contributed by atoms with Crippen molar-refractivity contribution in [3.8, 4) is 16.9 Å². The third-order valence-corrected chi connectivity index (χ3v) is 5.58. The van der Waals surface area contributed by atoms with Crippen LogP contribution in [0.15, 0.2) is 77.4 Å². The summed E-state index contributed by atoms with van der Waals surface area (Å²) in [5.74, 6) is 0.250. The van der Waals surface area contributed by atoms with E-state index < -0.39 is 0 Å². The van der Waals surface area contributed by atoms with Gasteiger partial charge in [0.05, 0.1) is 12.9 Å². The summed E-state index contributed by atoms with van der Waals surface area (Å²) < 4.78 is 11.7. The van der Waals surface area contributed by atoms with Crippen LogP contribution in [0.2, 0.25) is 0 Å². The summed E-state index contributed by atoms with van der Waals surface area (Å²) in [6.07, 6.45) is 3.31. The molecule has 35 heavy (non-hydrogen) atoms. The largest absolute Gasteiger partial charge is 0.493 e. The van der Waals surface area contributed by atoms with Crippen LogP contribution in [0.5, 0.6) is 5.75 Å². The fourth-order valence-electron chi connectivity index (χ4n) is 3.89. The Labute approximate surface area is 204 Å². The number of hydrogen-bond acceptors (Lipinski definition) is 4. The molecule has 4 rings (SSSR count). The lowest BCUT2D eigenvalue weighted by Gasteiger charge is -2.12. The van der Waals surface area contributed by atoms with E-state index in [1.807, 2.05) is 26.0 Å². The number of rotatable bonds is 7. The lowest BCUT2D eigenvalue weighted by atomic mass is 9.98. The van der Waals surface area contributed by atoms with Gasteiger partial charge in [0, 0.05) is 47.0 Å². The highest BCUT2D eigenvalue weighted by atomic mass is 16.5. The minimum Gasteiger partial charge on any atom is -0.493 e. The van der Waals surface area contributed by atoms with E-state index in [1.165, 1.54) is 12.5 Å². The Bertz CT molecular complexity index is 1400. The molecule has 0 atom stereocenters. The monoisotopic (exact) mass is 468 g/mol. The van der Waals surface area contributed by atoms with Gasteiger partial charge in [0.2, 0.25) is 11.8 Å². The first-order valence-electron chi connectivity index (χ1n) is 11.5. The van der Waals surface area contributed by atoms with E-state index in [-0.39, 0.29) is 11.8 Å². The van der Waals surface area contributed by atoms with Gasteiger partial charge in [0.1, 0.15) is 11.3 Å². The summed E-state index contributed by atoms with van der Waals surface area (Å²) >= 11 is 0. The molecule has 0 aliphatic heterocycles. The van der Waals surface area contributed by atoms with E-state index in [2.05, 4.69) is 41.8 Å². The van der Waals surface area contributed by atoms with Crippen LogP contribution in [0.25, 0.3) is 27.7 Å². The number of carbonyl (C=O) groups is 2. The molecule has 0 spiro atoms. The Morgan fingerprint density at radius 3 is 2.23 bits per heavy atom. The molecule has 2 amide bonds. The second-order valence-electron chi connectivity index (χ2n) is 8.37. The predicted octanol–water partition coefficient (Wildman–Crippen LogP) is 6.81.